The number of nitrogens with one attached hydrogen (secondary N) is 1. The predicted octanol–water partition coefficient (Wildman–Crippen LogP) is -1.52. The standard InChI is InChI=1S/C5H13N3O2S/c1-7-11(9,10)8-3-2-5(6)4-8/h5,7H,2-4,6H2,1H3/t5-/m1/s1. The van der Waals surface area contributed by atoms with E-state index in [9.17, 15) is 8.42 Å². The summed E-state index contributed by atoms with van der Waals surface area (Å²) in [5, 5.41) is 0. The summed E-state index contributed by atoms with van der Waals surface area (Å²) in [5.74, 6) is 0. The van der Waals surface area contributed by atoms with Crippen molar-refractivity contribution in [3.05, 3.63) is 0 Å². The van der Waals surface area contributed by atoms with E-state index in [-0.39, 0.29) is 6.04 Å². The number of nitrogens with two attached hydrogens (primary N) is 1. The molecule has 11 heavy (non-hydrogen) atoms. The van der Waals surface area contributed by atoms with E-state index in [0.717, 1.165) is 6.42 Å². The number of hydrogen-bond acceptors (Lipinski definition) is 3. The molecule has 0 bridgehead atoms. The molecule has 0 aromatic carbocycles. The van der Waals surface area contributed by atoms with Gasteiger partial charge in [0.1, 0.15) is 0 Å². The molecule has 0 aromatic heterocycles. The van der Waals surface area contributed by atoms with Crippen LogP contribution in [0, 0.1) is 0 Å². The molecule has 0 amide bonds. The molecule has 1 fully saturated rings. The Kier molecular flexibility index (Phi) is 2.48. The molecule has 1 aliphatic heterocycles. The normalized spacial score (nSPS) is 27.6. The second kappa shape index (κ2) is 3.06. The summed E-state index contributed by atoms with van der Waals surface area (Å²) < 4.78 is 25.8. The number of hydrogen-bond donors (Lipinski definition) is 2. The van der Waals surface area contributed by atoms with Crippen molar-refractivity contribution in [1.29, 1.82) is 0 Å². The highest BCUT2D eigenvalue weighted by Gasteiger charge is 2.27. The first-order valence-electron chi connectivity index (χ1n) is 3.50. The van der Waals surface area contributed by atoms with Crippen LogP contribution in [-0.4, -0.2) is 38.9 Å². The molecule has 1 heterocycles. The average molecular weight is 179 g/mol. The molecule has 3 N–H and O–H groups in total. The monoisotopic (exact) mass is 179 g/mol. The van der Waals surface area contributed by atoms with Crippen LogP contribution in [-0.2, 0) is 10.2 Å². The van der Waals surface area contributed by atoms with Gasteiger partial charge in [-0.3, -0.25) is 0 Å². The van der Waals surface area contributed by atoms with Gasteiger partial charge in [-0.25, -0.2) is 4.72 Å². The van der Waals surface area contributed by atoms with Crippen LogP contribution >= 0.6 is 0 Å². The lowest BCUT2D eigenvalue weighted by Crippen LogP contribution is -2.38. The minimum absolute atomic E-state index is 0.00174. The van der Waals surface area contributed by atoms with E-state index in [1.54, 1.807) is 0 Å². The second-order valence-corrected chi connectivity index (χ2v) is 4.49. The Morgan fingerprint density at radius 3 is 2.64 bits per heavy atom. The fourth-order valence-corrected chi connectivity index (χ4v) is 2.09. The Bertz CT molecular complexity index is 226. The summed E-state index contributed by atoms with van der Waals surface area (Å²) in [6, 6.07) is -0.00174. The summed E-state index contributed by atoms with van der Waals surface area (Å²) in [7, 11) is -1.83. The molecule has 0 unspecified atom stereocenters. The van der Waals surface area contributed by atoms with Crippen molar-refractivity contribution in [1.82, 2.24) is 9.03 Å². The zero-order valence-corrected chi connectivity index (χ0v) is 7.26. The van der Waals surface area contributed by atoms with E-state index in [1.165, 1.54) is 11.4 Å². The maximum absolute atomic E-state index is 11.1. The van der Waals surface area contributed by atoms with Crippen LogP contribution in [0.4, 0.5) is 0 Å². The predicted molar refractivity (Wildman–Crippen MR) is 42.1 cm³/mol. The van der Waals surface area contributed by atoms with Gasteiger partial charge in [0, 0.05) is 26.2 Å². The molecular weight excluding hydrogens is 166 g/mol. The van der Waals surface area contributed by atoms with Crippen LogP contribution < -0.4 is 10.5 Å². The molecule has 0 radical (unpaired) electrons. The van der Waals surface area contributed by atoms with Gasteiger partial charge in [-0.1, -0.05) is 0 Å². The minimum Gasteiger partial charge on any atom is -0.326 e. The van der Waals surface area contributed by atoms with Gasteiger partial charge >= 0.3 is 0 Å². The first-order valence-corrected chi connectivity index (χ1v) is 4.94. The Labute approximate surface area is 66.7 Å². The van der Waals surface area contributed by atoms with E-state index in [2.05, 4.69) is 4.72 Å². The van der Waals surface area contributed by atoms with Crippen molar-refractivity contribution in [2.24, 2.45) is 5.73 Å². The zero-order valence-electron chi connectivity index (χ0n) is 6.45. The van der Waals surface area contributed by atoms with E-state index in [0.29, 0.717) is 13.1 Å². The van der Waals surface area contributed by atoms with E-state index >= 15 is 0 Å². The second-order valence-electron chi connectivity index (χ2n) is 2.62. The molecule has 0 aromatic rings. The molecule has 1 aliphatic rings. The van der Waals surface area contributed by atoms with Crippen molar-refractivity contribution in [3.8, 4) is 0 Å². The maximum atomic E-state index is 11.1. The number of rotatable bonds is 2. The van der Waals surface area contributed by atoms with Gasteiger partial charge in [0.25, 0.3) is 10.2 Å². The SMILES string of the molecule is CNS(=O)(=O)N1CC[C@@H](N)C1. The third kappa shape index (κ3) is 1.90. The van der Waals surface area contributed by atoms with Crippen LogP contribution in [0.5, 0.6) is 0 Å². The Morgan fingerprint density at radius 1 is 1.64 bits per heavy atom. The molecule has 66 valence electrons. The van der Waals surface area contributed by atoms with Crippen LogP contribution in [0.25, 0.3) is 0 Å². The summed E-state index contributed by atoms with van der Waals surface area (Å²) in [4.78, 5) is 0. The Morgan fingerprint density at radius 2 is 2.27 bits per heavy atom. The highest BCUT2D eigenvalue weighted by molar-refractivity contribution is 7.87. The van der Waals surface area contributed by atoms with Crippen molar-refractivity contribution in [3.63, 3.8) is 0 Å². The largest absolute Gasteiger partial charge is 0.326 e. The Balaban J connectivity index is 2.64. The fourth-order valence-electron chi connectivity index (χ4n) is 1.10. The van der Waals surface area contributed by atoms with Crippen LogP contribution in [0.2, 0.25) is 0 Å². The third-order valence-electron chi connectivity index (χ3n) is 1.79. The van der Waals surface area contributed by atoms with Gasteiger partial charge in [0.05, 0.1) is 0 Å². The van der Waals surface area contributed by atoms with Crippen molar-refractivity contribution in [2.45, 2.75) is 12.5 Å². The van der Waals surface area contributed by atoms with Crippen molar-refractivity contribution in [2.75, 3.05) is 20.1 Å². The summed E-state index contributed by atoms with van der Waals surface area (Å²) >= 11 is 0. The highest BCUT2D eigenvalue weighted by Crippen LogP contribution is 2.09. The molecule has 0 aliphatic carbocycles. The lowest BCUT2D eigenvalue weighted by atomic mass is 10.3. The van der Waals surface area contributed by atoms with Crippen LogP contribution in [0.3, 0.4) is 0 Å². The average Bonchev–Trinajstić information content (AvgIpc) is 2.36. The molecule has 0 saturated carbocycles. The molecule has 6 heteroatoms. The van der Waals surface area contributed by atoms with Crippen LogP contribution in [0.1, 0.15) is 6.42 Å². The van der Waals surface area contributed by atoms with E-state index < -0.39 is 10.2 Å². The lowest BCUT2D eigenvalue weighted by molar-refractivity contribution is 0.465. The van der Waals surface area contributed by atoms with E-state index in [1.807, 2.05) is 0 Å². The summed E-state index contributed by atoms with van der Waals surface area (Å²) in [6.45, 7) is 0.966. The van der Waals surface area contributed by atoms with Crippen LogP contribution in [0.15, 0.2) is 0 Å². The highest BCUT2D eigenvalue weighted by atomic mass is 32.2. The van der Waals surface area contributed by atoms with Crippen molar-refractivity contribution < 1.29 is 8.42 Å². The fraction of sp³-hybridized carbons (Fsp3) is 1.00. The first-order chi connectivity index (χ1) is 5.06. The van der Waals surface area contributed by atoms with E-state index in [4.69, 9.17) is 5.73 Å². The van der Waals surface area contributed by atoms with Gasteiger partial charge in [0.15, 0.2) is 0 Å². The quantitative estimate of drug-likeness (QED) is 0.541. The maximum Gasteiger partial charge on any atom is 0.279 e. The lowest BCUT2D eigenvalue weighted by Gasteiger charge is -2.13. The smallest absolute Gasteiger partial charge is 0.279 e. The van der Waals surface area contributed by atoms with Gasteiger partial charge < -0.3 is 5.73 Å². The molecule has 1 saturated heterocycles. The Hall–Kier alpha value is -0.170. The zero-order chi connectivity index (χ0) is 8.48. The molecule has 0 spiro atoms. The van der Waals surface area contributed by atoms with Crippen molar-refractivity contribution >= 4 is 10.2 Å². The molecule has 1 atom stereocenters. The van der Waals surface area contributed by atoms with Gasteiger partial charge in [0.2, 0.25) is 0 Å². The third-order valence-corrected chi connectivity index (χ3v) is 3.31. The number of nitrogens with zero attached hydrogens (tertiary/aromatic N) is 1. The topological polar surface area (TPSA) is 75.4 Å². The molecule has 1 rings (SSSR count). The molecular formula is C5H13N3O2S. The minimum atomic E-state index is -3.23. The summed E-state index contributed by atoms with van der Waals surface area (Å²) in [6.07, 6.45) is 0.751. The van der Waals surface area contributed by atoms with Gasteiger partial charge in [-0.05, 0) is 6.42 Å². The first kappa shape index (κ1) is 8.92. The van der Waals surface area contributed by atoms with Gasteiger partial charge in [-0.15, -0.1) is 0 Å². The molecule has 5 nitrogen and oxygen atoms in total. The van der Waals surface area contributed by atoms with Gasteiger partial charge in [-0.2, -0.15) is 12.7 Å². The summed E-state index contributed by atoms with van der Waals surface area (Å²) in [5.41, 5.74) is 5.54.